The van der Waals surface area contributed by atoms with E-state index < -0.39 is 41.2 Å². The molecule has 0 saturated heterocycles. The molecule has 4 atom stereocenters. The summed E-state index contributed by atoms with van der Waals surface area (Å²) in [6.45, 7) is -0.352. The maximum Gasteiger partial charge on any atom is 0.328 e. The van der Waals surface area contributed by atoms with Crippen LogP contribution in [0.2, 0.25) is 0 Å². The van der Waals surface area contributed by atoms with Gasteiger partial charge in [0.05, 0.1) is 18.3 Å². The number of nitrogens with zero attached hydrogens (tertiary/aromatic N) is 1. The van der Waals surface area contributed by atoms with Crippen LogP contribution in [0.3, 0.4) is 0 Å². The number of aliphatic hydroxyl groups excluding tert-OH is 3. The highest BCUT2D eigenvalue weighted by Gasteiger charge is 2.42. The molecule has 0 radical (unpaired) electrons. The predicted molar refractivity (Wildman–Crippen MR) is 57.5 cm³/mol. The van der Waals surface area contributed by atoms with Crippen molar-refractivity contribution in [3.8, 4) is 0 Å². The van der Waals surface area contributed by atoms with Gasteiger partial charge in [0.1, 0.15) is 6.10 Å². The van der Waals surface area contributed by atoms with Crippen LogP contribution in [0.15, 0.2) is 15.8 Å². The summed E-state index contributed by atoms with van der Waals surface area (Å²) in [6, 6.07) is -0.879. The molecular formula is C10H13FN2O5. The summed E-state index contributed by atoms with van der Waals surface area (Å²) in [5, 5.41) is 28.4. The van der Waals surface area contributed by atoms with Crippen molar-refractivity contribution in [1.29, 1.82) is 0 Å². The zero-order valence-electron chi connectivity index (χ0n) is 9.28. The Morgan fingerprint density at radius 3 is 2.61 bits per heavy atom. The van der Waals surface area contributed by atoms with Crippen molar-refractivity contribution in [2.24, 2.45) is 5.92 Å². The summed E-state index contributed by atoms with van der Waals surface area (Å²) >= 11 is 0. The fraction of sp³-hybridized carbons (Fsp3) is 0.600. The van der Waals surface area contributed by atoms with Crippen molar-refractivity contribution >= 4 is 0 Å². The number of halogens is 1. The Morgan fingerprint density at radius 2 is 2.06 bits per heavy atom. The SMILES string of the molecule is O=c1[nH]c(=O)n([C@H]2C[C@@H](CO)C(O)[C@H]2O)cc1F. The van der Waals surface area contributed by atoms with Gasteiger partial charge in [0.25, 0.3) is 5.56 Å². The number of H-pyrrole nitrogens is 1. The lowest BCUT2D eigenvalue weighted by Gasteiger charge is -2.18. The molecule has 0 amide bonds. The van der Waals surface area contributed by atoms with Gasteiger partial charge in [-0.1, -0.05) is 0 Å². The highest BCUT2D eigenvalue weighted by atomic mass is 19.1. The van der Waals surface area contributed by atoms with Gasteiger partial charge in [-0.25, -0.2) is 4.79 Å². The first kappa shape index (κ1) is 12.9. The molecular weight excluding hydrogens is 247 g/mol. The van der Waals surface area contributed by atoms with Crippen LogP contribution >= 0.6 is 0 Å². The number of rotatable bonds is 2. The molecule has 0 aromatic carbocycles. The summed E-state index contributed by atoms with van der Waals surface area (Å²) < 4.78 is 14.0. The minimum atomic E-state index is -1.30. The lowest BCUT2D eigenvalue weighted by Crippen LogP contribution is -2.38. The fourth-order valence-electron chi connectivity index (χ4n) is 2.26. The number of aromatic amines is 1. The maximum absolute atomic E-state index is 13.1. The third-order valence-electron chi connectivity index (χ3n) is 3.29. The Labute approximate surface area is 100 Å². The molecule has 4 N–H and O–H groups in total. The third-order valence-corrected chi connectivity index (χ3v) is 3.29. The standard InChI is InChI=1S/C10H13FN2O5/c11-5-2-13(10(18)12-9(5)17)6-1-4(3-14)7(15)8(6)16/h2,4,6-8,14-16H,1,3H2,(H,12,17,18)/t4-,6-,7?,8-/m0/s1. The zero-order chi connectivity index (χ0) is 13.4. The highest BCUT2D eigenvalue weighted by molar-refractivity contribution is 4.98. The van der Waals surface area contributed by atoms with Gasteiger partial charge in [-0.05, 0) is 6.42 Å². The summed E-state index contributed by atoms with van der Waals surface area (Å²) in [5.41, 5.74) is -2.00. The van der Waals surface area contributed by atoms with Gasteiger partial charge >= 0.3 is 5.69 Å². The Kier molecular flexibility index (Phi) is 3.33. The summed E-state index contributed by atoms with van der Waals surface area (Å²) in [6.07, 6.45) is -1.68. The molecule has 1 aliphatic carbocycles. The van der Waals surface area contributed by atoms with Crippen molar-refractivity contribution in [1.82, 2.24) is 9.55 Å². The van der Waals surface area contributed by atoms with Gasteiger partial charge in [0.15, 0.2) is 0 Å². The van der Waals surface area contributed by atoms with Gasteiger partial charge < -0.3 is 15.3 Å². The normalized spacial score (nSPS) is 31.8. The van der Waals surface area contributed by atoms with Crippen LogP contribution < -0.4 is 11.2 Å². The van der Waals surface area contributed by atoms with Gasteiger partial charge in [0.2, 0.25) is 5.82 Å². The molecule has 0 aliphatic heterocycles. The Bertz CT molecular complexity index is 554. The van der Waals surface area contributed by atoms with Crippen LogP contribution in [0.25, 0.3) is 0 Å². The highest BCUT2D eigenvalue weighted by Crippen LogP contribution is 2.34. The molecule has 18 heavy (non-hydrogen) atoms. The molecule has 2 rings (SSSR count). The van der Waals surface area contributed by atoms with E-state index in [0.717, 1.165) is 4.57 Å². The number of nitrogens with one attached hydrogen (secondary N) is 1. The molecule has 1 unspecified atom stereocenters. The van der Waals surface area contributed by atoms with Crippen LogP contribution in [-0.4, -0.2) is 43.7 Å². The Morgan fingerprint density at radius 1 is 1.39 bits per heavy atom. The van der Waals surface area contributed by atoms with E-state index in [4.69, 9.17) is 5.11 Å². The van der Waals surface area contributed by atoms with E-state index in [1.165, 1.54) is 0 Å². The van der Waals surface area contributed by atoms with Crippen molar-refractivity contribution in [3.63, 3.8) is 0 Å². The average Bonchev–Trinajstić information content (AvgIpc) is 2.61. The second-order valence-electron chi connectivity index (χ2n) is 4.37. The van der Waals surface area contributed by atoms with Crippen LogP contribution in [0.4, 0.5) is 4.39 Å². The summed E-state index contributed by atoms with van der Waals surface area (Å²) in [5.74, 6) is -1.74. The predicted octanol–water partition coefficient (Wildman–Crippen LogP) is -2.05. The Hall–Kier alpha value is -1.51. The summed E-state index contributed by atoms with van der Waals surface area (Å²) in [4.78, 5) is 24.2. The summed E-state index contributed by atoms with van der Waals surface area (Å²) in [7, 11) is 0. The van der Waals surface area contributed by atoms with Gasteiger partial charge in [0, 0.05) is 12.5 Å². The van der Waals surface area contributed by atoms with E-state index in [9.17, 15) is 24.2 Å². The molecule has 1 aromatic rings. The lowest BCUT2D eigenvalue weighted by molar-refractivity contribution is -0.00466. The van der Waals surface area contributed by atoms with Crippen LogP contribution in [-0.2, 0) is 0 Å². The fourth-order valence-corrected chi connectivity index (χ4v) is 2.26. The maximum atomic E-state index is 13.1. The van der Waals surface area contributed by atoms with E-state index >= 15 is 0 Å². The van der Waals surface area contributed by atoms with Gasteiger partial charge in [-0.2, -0.15) is 4.39 Å². The molecule has 1 aromatic heterocycles. The van der Waals surface area contributed by atoms with Crippen molar-refractivity contribution in [2.45, 2.75) is 24.7 Å². The van der Waals surface area contributed by atoms with Crippen LogP contribution in [0.5, 0.6) is 0 Å². The van der Waals surface area contributed by atoms with E-state index in [-0.39, 0.29) is 13.0 Å². The first-order valence-corrected chi connectivity index (χ1v) is 5.43. The zero-order valence-corrected chi connectivity index (χ0v) is 9.28. The molecule has 0 bridgehead atoms. The van der Waals surface area contributed by atoms with E-state index in [0.29, 0.717) is 6.20 Å². The smallest absolute Gasteiger partial charge is 0.328 e. The molecule has 8 heteroatoms. The molecule has 1 aliphatic rings. The monoisotopic (exact) mass is 260 g/mol. The minimum absolute atomic E-state index is 0.115. The van der Waals surface area contributed by atoms with E-state index in [1.807, 2.05) is 0 Å². The molecule has 1 heterocycles. The van der Waals surface area contributed by atoms with Gasteiger partial charge in [-0.3, -0.25) is 14.3 Å². The first-order valence-electron chi connectivity index (χ1n) is 5.43. The van der Waals surface area contributed by atoms with Crippen molar-refractivity contribution in [2.75, 3.05) is 6.61 Å². The topological polar surface area (TPSA) is 116 Å². The van der Waals surface area contributed by atoms with Crippen molar-refractivity contribution in [3.05, 3.63) is 32.9 Å². The number of aliphatic hydroxyl groups is 3. The lowest BCUT2D eigenvalue weighted by atomic mass is 10.1. The molecule has 100 valence electrons. The largest absolute Gasteiger partial charge is 0.396 e. The Balaban J connectivity index is 2.42. The van der Waals surface area contributed by atoms with Gasteiger partial charge in [-0.15, -0.1) is 0 Å². The van der Waals surface area contributed by atoms with Crippen LogP contribution in [0.1, 0.15) is 12.5 Å². The second-order valence-corrected chi connectivity index (χ2v) is 4.37. The molecule has 0 spiro atoms. The number of hydrogen-bond donors (Lipinski definition) is 4. The quantitative estimate of drug-likeness (QED) is 0.488. The molecule has 1 saturated carbocycles. The second kappa shape index (κ2) is 4.63. The number of aromatic nitrogens is 2. The van der Waals surface area contributed by atoms with E-state index in [2.05, 4.69) is 0 Å². The van der Waals surface area contributed by atoms with Crippen LogP contribution in [0, 0.1) is 11.7 Å². The molecule has 1 fully saturated rings. The van der Waals surface area contributed by atoms with Crippen molar-refractivity contribution < 1.29 is 19.7 Å². The minimum Gasteiger partial charge on any atom is -0.396 e. The third kappa shape index (κ3) is 1.98. The average molecular weight is 260 g/mol. The van der Waals surface area contributed by atoms with E-state index in [1.54, 1.807) is 4.98 Å². The number of hydrogen-bond acceptors (Lipinski definition) is 5. The molecule has 7 nitrogen and oxygen atoms in total. The first-order chi connectivity index (χ1) is 8.45.